The molecule has 0 N–H and O–H groups in total. The summed E-state index contributed by atoms with van der Waals surface area (Å²) in [6.07, 6.45) is 0.444. The number of anilines is 2. The predicted molar refractivity (Wildman–Crippen MR) is 105 cm³/mol. The van der Waals surface area contributed by atoms with Crippen LogP contribution >= 0.6 is 0 Å². The number of benzene rings is 2. The van der Waals surface area contributed by atoms with Crippen molar-refractivity contribution in [1.82, 2.24) is 0 Å². The van der Waals surface area contributed by atoms with Gasteiger partial charge in [-0.1, -0.05) is 23.8 Å². The standard InChI is InChI=1S/C22H20N2O5/c1-14-5-7-16(8-6-14)23-13-15(11-21(23)27)22(28)29-18-4-2-3-17(12-18)24-19(25)9-10-20(24)26/h2-8,12,15H,9-11,13H2,1H3/t15-/m1/s1. The molecule has 2 aromatic rings. The van der Waals surface area contributed by atoms with E-state index >= 15 is 0 Å². The fourth-order valence-electron chi connectivity index (χ4n) is 3.59. The number of esters is 1. The first kappa shape index (κ1) is 18.9. The molecule has 7 heteroatoms. The van der Waals surface area contributed by atoms with Gasteiger partial charge in [0.1, 0.15) is 5.75 Å². The van der Waals surface area contributed by atoms with E-state index < -0.39 is 11.9 Å². The lowest BCUT2D eigenvalue weighted by Crippen LogP contribution is -2.29. The number of hydrogen-bond acceptors (Lipinski definition) is 5. The van der Waals surface area contributed by atoms with Crippen molar-refractivity contribution in [3.05, 3.63) is 54.1 Å². The first-order valence-corrected chi connectivity index (χ1v) is 9.47. The van der Waals surface area contributed by atoms with Crippen molar-refractivity contribution in [3.63, 3.8) is 0 Å². The van der Waals surface area contributed by atoms with E-state index in [4.69, 9.17) is 4.74 Å². The van der Waals surface area contributed by atoms with Crippen molar-refractivity contribution >= 4 is 35.1 Å². The second-order valence-corrected chi connectivity index (χ2v) is 7.28. The van der Waals surface area contributed by atoms with Crippen molar-refractivity contribution in [2.24, 2.45) is 5.92 Å². The minimum atomic E-state index is -0.581. The third-order valence-corrected chi connectivity index (χ3v) is 5.15. The second kappa shape index (κ2) is 7.50. The van der Waals surface area contributed by atoms with Gasteiger partial charge in [-0.2, -0.15) is 0 Å². The van der Waals surface area contributed by atoms with E-state index in [1.165, 1.54) is 6.07 Å². The summed E-state index contributed by atoms with van der Waals surface area (Å²) in [5.41, 5.74) is 2.22. The fourth-order valence-corrected chi connectivity index (χ4v) is 3.59. The van der Waals surface area contributed by atoms with Crippen LogP contribution in [0.5, 0.6) is 5.75 Å². The molecule has 2 aliphatic heterocycles. The molecule has 2 saturated heterocycles. The first-order valence-electron chi connectivity index (χ1n) is 9.47. The van der Waals surface area contributed by atoms with Crippen LogP contribution in [-0.2, 0) is 19.2 Å². The van der Waals surface area contributed by atoms with E-state index in [0.717, 1.165) is 16.2 Å². The molecule has 7 nitrogen and oxygen atoms in total. The zero-order valence-corrected chi connectivity index (χ0v) is 16.0. The average molecular weight is 392 g/mol. The number of imide groups is 1. The number of rotatable bonds is 4. The minimum absolute atomic E-state index is 0.0789. The van der Waals surface area contributed by atoms with Gasteiger partial charge in [0.25, 0.3) is 0 Å². The Morgan fingerprint density at radius 2 is 1.62 bits per heavy atom. The number of carbonyl (C=O) groups excluding carboxylic acids is 4. The molecule has 0 saturated carbocycles. The first-order chi connectivity index (χ1) is 13.9. The van der Waals surface area contributed by atoms with Crippen molar-refractivity contribution in [3.8, 4) is 5.75 Å². The van der Waals surface area contributed by atoms with E-state index in [9.17, 15) is 19.2 Å². The normalized spacial score (nSPS) is 19.2. The molecule has 0 bridgehead atoms. The van der Waals surface area contributed by atoms with Crippen LogP contribution in [0.25, 0.3) is 0 Å². The maximum absolute atomic E-state index is 12.6. The highest BCUT2D eigenvalue weighted by atomic mass is 16.5. The number of nitrogens with zero attached hydrogens (tertiary/aromatic N) is 2. The molecule has 0 aliphatic carbocycles. The monoisotopic (exact) mass is 392 g/mol. The molecule has 2 aliphatic rings. The summed E-state index contributed by atoms with van der Waals surface area (Å²) < 4.78 is 5.45. The molecule has 29 heavy (non-hydrogen) atoms. The molecule has 0 unspecified atom stereocenters. The van der Waals surface area contributed by atoms with Gasteiger partial charge >= 0.3 is 5.97 Å². The highest BCUT2D eigenvalue weighted by Crippen LogP contribution is 2.29. The molecule has 1 atom stereocenters. The average Bonchev–Trinajstić information content (AvgIpc) is 3.25. The molecule has 2 fully saturated rings. The smallest absolute Gasteiger partial charge is 0.316 e. The van der Waals surface area contributed by atoms with Crippen molar-refractivity contribution in [2.45, 2.75) is 26.2 Å². The summed E-state index contributed by atoms with van der Waals surface area (Å²) in [6.45, 7) is 2.22. The minimum Gasteiger partial charge on any atom is -0.426 e. The summed E-state index contributed by atoms with van der Waals surface area (Å²) in [4.78, 5) is 51.5. The van der Waals surface area contributed by atoms with Gasteiger partial charge in [0.05, 0.1) is 11.6 Å². The number of hydrogen-bond donors (Lipinski definition) is 0. The van der Waals surface area contributed by atoms with Gasteiger partial charge in [0.15, 0.2) is 0 Å². The Kier molecular flexibility index (Phi) is 4.88. The van der Waals surface area contributed by atoms with E-state index in [0.29, 0.717) is 5.69 Å². The van der Waals surface area contributed by atoms with Crippen molar-refractivity contribution in [2.75, 3.05) is 16.3 Å². The summed E-state index contributed by atoms with van der Waals surface area (Å²) >= 11 is 0. The second-order valence-electron chi connectivity index (χ2n) is 7.28. The molecule has 148 valence electrons. The lowest BCUT2D eigenvalue weighted by molar-refractivity contribution is -0.139. The number of aryl methyl sites for hydroxylation is 1. The Balaban J connectivity index is 1.45. The highest BCUT2D eigenvalue weighted by molar-refractivity contribution is 6.19. The van der Waals surface area contributed by atoms with Crippen molar-refractivity contribution < 1.29 is 23.9 Å². The molecular formula is C22H20N2O5. The van der Waals surface area contributed by atoms with Crippen molar-refractivity contribution in [1.29, 1.82) is 0 Å². The molecule has 3 amide bonds. The zero-order valence-electron chi connectivity index (χ0n) is 16.0. The van der Waals surface area contributed by atoms with Crippen LogP contribution in [-0.4, -0.2) is 30.2 Å². The van der Waals surface area contributed by atoms with Gasteiger partial charge < -0.3 is 9.64 Å². The third kappa shape index (κ3) is 3.76. The summed E-state index contributed by atoms with van der Waals surface area (Å²) in [7, 11) is 0. The Morgan fingerprint density at radius 3 is 2.31 bits per heavy atom. The number of amides is 3. The molecule has 0 radical (unpaired) electrons. The quantitative estimate of drug-likeness (QED) is 0.454. The number of ether oxygens (including phenoxy) is 1. The Bertz CT molecular complexity index is 983. The lowest BCUT2D eigenvalue weighted by atomic mass is 10.1. The van der Waals surface area contributed by atoms with Crippen LogP contribution < -0.4 is 14.5 Å². The maximum atomic E-state index is 12.6. The van der Waals surface area contributed by atoms with Crippen LogP contribution in [0.15, 0.2) is 48.5 Å². The van der Waals surface area contributed by atoms with Crippen LogP contribution in [0, 0.1) is 12.8 Å². The molecule has 4 rings (SSSR count). The maximum Gasteiger partial charge on any atom is 0.316 e. The van der Waals surface area contributed by atoms with Gasteiger partial charge in [-0.25, -0.2) is 0 Å². The summed E-state index contributed by atoms with van der Waals surface area (Å²) in [5, 5.41) is 0. The van der Waals surface area contributed by atoms with E-state index in [2.05, 4.69) is 0 Å². The van der Waals surface area contributed by atoms with Crippen LogP contribution in [0.4, 0.5) is 11.4 Å². The third-order valence-electron chi connectivity index (χ3n) is 5.15. The van der Waals surface area contributed by atoms with E-state index in [-0.39, 0.29) is 49.3 Å². The lowest BCUT2D eigenvalue weighted by Gasteiger charge is -2.17. The van der Waals surface area contributed by atoms with E-state index in [1.807, 2.05) is 31.2 Å². The predicted octanol–water partition coefficient (Wildman–Crippen LogP) is 2.61. The Morgan fingerprint density at radius 1 is 0.931 bits per heavy atom. The van der Waals surface area contributed by atoms with E-state index in [1.54, 1.807) is 23.1 Å². The molecule has 0 spiro atoms. The van der Waals surface area contributed by atoms with Crippen LogP contribution in [0.3, 0.4) is 0 Å². The van der Waals surface area contributed by atoms with Gasteiger partial charge in [0, 0.05) is 37.6 Å². The van der Waals surface area contributed by atoms with Crippen LogP contribution in [0.2, 0.25) is 0 Å². The fraction of sp³-hybridized carbons (Fsp3) is 0.273. The number of carbonyl (C=O) groups is 4. The van der Waals surface area contributed by atoms with Gasteiger partial charge in [0.2, 0.25) is 17.7 Å². The molecular weight excluding hydrogens is 372 g/mol. The topological polar surface area (TPSA) is 84.0 Å². The van der Waals surface area contributed by atoms with Gasteiger partial charge in [-0.15, -0.1) is 0 Å². The summed E-state index contributed by atoms with van der Waals surface area (Å²) in [5.74, 6) is -1.52. The Labute approximate surface area is 167 Å². The molecule has 2 heterocycles. The largest absolute Gasteiger partial charge is 0.426 e. The van der Waals surface area contributed by atoms with Crippen LogP contribution in [0.1, 0.15) is 24.8 Å². The highest BCUT2D eigenvalue weighted by Gasteiger charge is 2.36. The summed E-state index contributed by atoms with van der Waals surface area (Å²) in [6, 6.07) is 13.9. The van der Waals surface area contributed by atoms with Gasteiger partial charge in [-0.3, -0.25) is 24.1 Å². The molecule has 0 aromatic heterocycles. The molecule has 2 aromatic carbocycles. The van der Waals surface area contributed by atoms with Gasteiger partial charge in [-0.05, 0) is 31.2 Å². The Hall–Kier alpha value is -3.48. The zero-order chi connectivity index (χ0) is 20.5. The SMILES string of the molecule is Cc1ccc(N2C[C@H](C(=O)Oc3cccc(N4C(=O)CCC4=O)c3)CC2=O)cc1.